The summed E-state index contributed by atoms with van der Waals surface area (Å²) in [4.78, 5) is 16.1. The quantitative estimate of drug-likeness (QED) is 0.821. The summed E-state index contributed by atoms with van der Waals surface area (Å²) in [6.45, 7) is 7.36. The number of hydrogen-bond acceptors (Lipinski definition) is 3. The Labute approximate surface area is 156 Å². The van der Waals surface area contributed by atoms with Crippen molar-refractivity contribution in [3.63, 3.8) is 0 Å². The van der Waals surface area contributed by atoms with Crippen LogP contribution in [-0.4, -0.2) is 46.6 Å². The van der Waals surface area contributed by atoms with Crippen molar-refractivity contribution < 1.29 is 9.90 Å². The van der Waals surface area contributed by atoms with Crippen LogP contribution < -0.4 is 0 Å². The van der Waals surface area contributed by atoms with Crippen LogP contribution in [-0.2, 0) is 13.1 Å². The summed E-state index contributed by atoms with van der Waals surface area (Å²) in [7, 11) is 0. The van der Waals surface area contributed by atoms with Crippen molar-refractivity contribution >= 4 is 5.97 Å². The van der Waals surface area contributed by atoms with Gasteiger partial charge >= 0.3 is 5.97 Å². The van der Waals surface area contributed by atoms with Crippen LogP contribution in [0.1, 0.15) is 41.3 Å². The molecule has 26 heavy (non-hydrogen) atoms. The number of aromatic carboxylic acids is 1. The first-order valence-electron chi connectivity index (χ1n) is 9.48. The summed E-state index contributed by atoms with van der Waals surface area (Å²) in [5.41, 5.74) is 2.92. The Kier molecular flexibility index (Phi) is 6.42. The van der Waals surface area contributed by atoms with Gasteiger partial charge in [0.25, 0.3) is 0 Å². The first-order chi connectivity index (χ1) is 12.7. The lowest BCUT2D eigenvalue weighted by Crippen LogP contribution is -2.52. The van der Waals surface area contributed by atoms with Crippen molar-refractivity contribution in [3.8, 4) is 0 Å². The average molecular weight is 352 g/mol. The molecule has 2 aromatic carbocycles. The van der Waals surface area contributed by atoms with E-state index in [9.17, 15) is 4.79 Å². The molecule has 1 fully saturated rings. The smallest absolute Gasteiger partial charge is 0.335 e. The molecule has 1 N–H and O–H groups in total. The van der Waals surface area contributed by atoms with Gasteiger partial charge in [-0.3, -0.25) is 9.80 Å². The first-order valence-corrected chi connectivity index (χ1v) is 9.48. The predicted octanol–water partition coefficient (Wildman–Crippen LogP) is 3.87. The SMILES string of the molecule is CCCC1CN(Cc2ccc(C(=O)O)cc2)CCN1Cc1ccccc1. The van der Waals surface area contributed by atoms with E-state index in [0.29, 0.717) is 11.6 Å². The Hall–Kier alpha value is -2.17. The van der Waals surface area contributed by atoms with Crippen LogP contribution >= 0.6 is 0 Å². The van der Waals surface area contributed by atoms with E-state index >= 15 is 0 Å². The molecule has 0 bridgehead atoms. The maximum Gasteiger partial charge on any atom is 0.335 e. The topological polar surface area (TPSA) is 43.8 Å². The van der Waals surface area contributed by atoms with Crippen molar-refractivity contribution in [2.24, 2.45) is 0 Å². The molecular formula is C22H28N2O2. The highest BCUT2D eigenvalue weighted by Crippen LogP contribution is 2.19. The number of rotatable bonds is 7. The van der Waals surface area contributed by atoms with Gasteiger partial charge in [-0.25, -0.2) is 4.79 Å². The average Bonchev–Trinajstić information content (AvgIpc) is 2.65. The van der Waals surface area contributed by atoms with Gasteiger partial charge in [0, 0.05) is 38.8 Å². The van der Waals surface area contributed by atoms with Crippen LogP contribution in [0.4, 0.5) is 0 Å². The van der Waals surface area contributed by atoms with E-state index < -0.39 is 5.97 Å². The van der Waals surface area contributed by atoms with Gasteiger partial charge in [0.05, 0.1) is 5.56 Å². The number of piperazine rings is 1. The molecular weight excluding hydrogens is 324 g/mol. The normalized spacial score (nSPS) is 18.7. The Morgan fingerprint density at radius 3 is 2.35 bits per heavy atom. The summed E-state index contributed by atoms with van der Waals surface area (Å²) in [6, 6.07) is 18.6. The van der Waals surface area contributed by atoms with Crippen molar-refractivity contribution in [2.75, 3.05) is 19.6 Å². The van der Waals surface area contributed by atoms with Gasteiger partial charge in [-0.15, -0.1) is 0 Å². The molecule has 1 atom stereocenters. The van der Waals surface area contributed by atoms with Crippen molar-refractivity contribution in [1.29, 1.82) is 0 Å². The molecule has 138 valence electrons. The number of carboxylic acids is 1. The fraction of sp³-hybridized carbons (Fsp3) is 0.409. The number of carbonyl (C=O) groups is 1. The fourth-order valence-electron chi connectivity index (χ4n) is 3.74. The van der Waals surface area contributed by atoms with Crippen molar-refractivity contribution in [1.82, 2.24) is 9.80 Å². The summed E-state index contributed by atoms with van der Waals surface area (Å²) in [6.07, 6.45) is 2.40. The molecule has 1 aliphatic heterocycles. The van der Waals surface area contributed by atoms with Gasteiger partial charge in [-0.05, 0) is 29.7 Å². The molecule has 1 saturated heterocycles. The van der Waals surface area contributed by atoms with Gasteiger partial charge in [-0.2, -0.15) is 0 Å². The molecule has 0 spiro atoms. The highest BCUT2D eigenvalue weighted by atomic mass is 16.4. The van der Waals surface area contributed by atoms with Crippen molar-refractivity contribution in [2.45, 2.75) is 38.9 Å². The third kappa shape index (κ3) is 4.93. The maximum absolute atomic E-state index is 11.0. The van der Waals surface area contributed by atoms with E-state index in [2.05, 4.69) is 47.1 Å². The minimum atomic E-state index is -0.867. The van der Waals surface area contributed by atoms with E-state index in [1.54, 1.807) is 12.1 Å². The summed E-state index contributed by atoms with van der Waals surface area (Å²) >= 11 is 0. The third-order valence-corrected chi connectivity index (χ3v) is 5.15. The monoisotopic (exact) mass is 352 g/mol. The predicted molar refractivity (Wildman–Crippen MR) is 104 cm³/mol. The van der Waals surface area contributed by atoms with Crippen LogP contribution in [0.15, 0.2) is 54.6 Å². The molecule has 2 aromatic rings. The molecule has 0 amide bonds. The lowest BCUT2D eigenvalue weighted by Gasteiger charge is -2.41. The number of carboxylic acid groups (broad SMARTS) is 1. The molecule has 4 heteroatoms. The van der Waals surface area contributed by atoms with E-state index in [-0.39, 0.29) is 0 Å². The highest BCUT2D eigenvalue weighted by molar-refractivity contribution is 5.87. The zero-order valence-electron chi connectivity index (χ0n) is 15.5. The van der Waals surface area contributed by atoms with E-state index in [4.69, 9.17) is 5.11 Å². The fourth-order valence-corrected chi connectivity index (χ4v) is 3.74. The molecule has 0 aliphatic carbocycles. The van der Waals surface area contributed by atoms with E-state index in [1.165, 1.54) is 24.0 Å². The molecule has 4 nitrogen and oxygen atoms in total. The van der Waals surface area contributed by atoms with Crippen LogP contribution in [0, 0.1) is 0 Å². The minimum absolute atomic E-state index is 0.352. The Morgan fingerprint density at radius 1 is 1.00 bits per heavy atom. The number of nitrogens with zero attached hydrogens (tertiary/aromatic N) is 2. The van der Waals surface area contributed by atoms with Gasteiger partial charge < -0.3 is 5.11 Å². The largest absolute Gasteiger partial charge is 0.478 e. The van der Waals surface area contributed by atoms with Crippen LogP contribution in [0.2, 0.25) is 0 Å². The van der Waals surface area contributed by atoms with E-state index in [0.717, 1.165) is 32.7 Å². The zero-order chi connectivity index (χ0) is 18.4. The van der Waals surface area contributed by atoms with Crippen LogP contribution in [0.3, 0.4) is 0 Å². The third-order valence-electron chi connectivity index (χ3n) is 5.15. The zero-order valence-corrected chi connectivity index (χ0v) is 15.5. The molecule has 0 radical (unpaired) electrons. The van der Waals surface area contributed by atoms with Crippen LogP contribution in [0.5, 0.6) is 0 Å². The molecule has 1 heterocycles. The standard InChI is InChI=1S/C22H28N2O2/c1-2-6-21-17-23(15-19-9-11-20(12-10-19)22(25)26)13-14-24(21)16-18-7-4-3-5-8-18/h3-5,7-12,21H,2,6,13-17H2,1H3,(H,25,26). The van der Waals surface area contributed by atoms with Gasteiger partial charge in [0.2, 0.25) is 0 Å². The minimum Gasteiger partial charge on any atom is -0.478 e. The highest BCUT2D eigenvalue weighted by Gasteiger charge is 2.26. The second kappa shape index (κ2) is 8.97. The molecule has 3 rings (SSSR count). The molecule has 1 aliphatic rings. The second-order valence-corrected chi connectivity index (χ2v) is 7.14. The Balaban J connectivity index is 1.60. The Bertz CT molecular complexity index is 700. The Morgan fingerprint density at radius 2 is 1.69 bits per heavy atom. The van der Waals surface area contributed by atoms with E-state index in [1.807, 2.05) is 12.1 Å². The lowest BCUT2D eigenvalue weighted by atomic mass is 10.0. The molecule has 0 aromatic heterocycles. The van der Waals surface area contributed by atoms with Crippen molar-refractivity contribution in [3.05, 3.63) is 71.3 Å². The second-order valence-electron chi connectivity index (χ2n) is 7.14. The molecule has 0 saturated carbocycles. The maximum atomic E-state index is 11.0. The van der Waals surface area contributed by atoms with Gasteiger partial charge in [0.1, 0.15) is 0 Å². The summed E-state index contributed by atoms with van der Waals surface area (Å²) in [5.74, 6) is -0.867. The molecule has 1 unspecified atom stereocenters. The number of benzene rings is 2. The lowest BCUT2D eigenvalue weighted by molar-refractivity contribution is 0.0591. The summed E-state index contributed by atoms with van der Waals surface area (Å²) in [5, 5.41) is 9.03. The number of hydrogen-bond donors (Lipinski definition) is 1. The summed E-state index contributed by atoms with van der Waals surface area (Å²) < 4.78 is 0. The first kappa shape index (κ1) is 18.6. The van der Waals surface area contributed by atoms with Crippen LogP contribution in [0.25, 0.3) is 0 Å². The van der Waals surface area contributed by atoms with Gasteiger partial charge in [0.15, 0.2) is 0 Å². The van der Waals surface area contributed by atoms with Gasteiger partial charge in [-0.1, -0.05) is 55.8 Å².